The SMILES string of the molecule is CCS(=O)(=O)Nc1ccc(Nc2cccc(C#N)c2)cc1. The molecule has 0 aliphatic rings. The van der Waals surface area contributed by atoms with Gasteiger partial charge in [-0.05, 0) is 49.4 Å². The van der Waals surface area contributed by atoms with Gasteiger partial charge >= 0.3 is 0 Å². The highest BCUT2D eigenvalue weighted by molar-refractivity contribution is 7.92. The zero-order valence-electron chi connectivity index (χ0n) is 11.5. The van der Waals surface area contributed by atoms with Crippen LogP contribution < -0.4 is 10.0 Å². The lowest BCUT2D eigenvalue weighted by molar-refractivity contribution is 0.602. The van der Waals surface area contributed by atoms with Crippen molar-refractivity contribution in [3.05, 3.63) is 54.1 Å². The van der Waals surface area contributed by atoms with Crippen molar-refractivity contribution in [2.75, 3.05) is 15.8 Å². The average molecular weight is 301 g/mol. The first kappa shape index (κ1) is 14.9. The Hall–Kier alpha value is -2.52. The number of anilines is 3. The summed E-state index contributed by atoms with van der Waals surface area (Å²) in [5.74, 6) is 0.0357. The Morgan fingerprint density at radius 2 is 1.71 bits per heavy atom. The predicted octanol–water partition coefficient (Wildman–Crippen LogP) is 3.06. The Balaban J connectivity index is 2.11. The van der Waals surface area contributed by atoms with Crippen LogP contribution in [0.3, 0.4) is 0 Å². The highest BCUT2D eigenvalue weighted by Crippen LogP contribution is 2.20. The van der Waals surface area contributed by atoms with Crippen LogP contribution in [-0.2, 0) is 10.0 Å². The number of nitrogens with one attached hydrogen (secondary N) is 2. The molecule has 0 bridgehead atoms. The molecule has 21 heavy (non-hydrogen) atoms. The molecule has 2 rings (SSSR count). The number of benzene rings is 2. The molecule has 0 fully saturated rings. The van der Waals surface area contributed by atoms with Crippen LogP contribution in [0.15, 0.2) is 48.5 Å². The van der Waals surface area contributed by atoms with E-state index in [1.807, 2.05) is 6.07 Å². The van der Waals surface area contributed by atoms with E-state index in [9.17, 15) is 8.42 Å². The summed E-state index contributed by atoms with van der Waals surface area (Å²) in [7, 11) is -3.26. The molecule has 5 nitrogen and oxygen atoms in total. The van der Waals surface area contributed by atoms with E-state index in [1.165, 1.54) is 0 Å². The molecule has 0 saturated heterocycles. The number of rotatable bonds is 5. The van der Waals surface area contributed by atoms with E-state index in [2.05, 4.69) is 16.1 Å². The number of hydrogen-bond donors (Lipinski definition) is 2. The maximum atomic E-state index is 11.5. The predicted molar refractivity (Wildman–Crippen MR) is 84.0 cm³/mol. The molecule has 0 radical (unpaired) electrons. The Bertz CT molecular complexity index is 762. The monoisotopic (exact) mass is 301 g/mol. The van der Waals surface area contributed by atoms with Crippen molar-refractivity contribution in [1.29, 1.82) is 5.26 Å². The minimum Gasteiger partial charge on any atom is -0.355 e. The smallest absolute Gasteiger partial charge is 0.232 e. The fourth-order valence-electron chi connectivity index (χ4n) is 1.71. The van der Waals surface area contributed by atoms with Crippen LogP contribution in [-0.4, -0.2) is 14.2 Å². The molecule has 0 aliphatic heterocycles. The zero-order valence-corrected chi connectivity index (χ0v) is 12.3. The summed E-state index contributed by atoms with van der Waals surface area (Å²) in [5, 5.41) is 12.0. The van der Waals surface area contributed by atoms with Gasteiger partial charge in [-0.15, -0.1) is 0 Å². The van der Waals surface area contributed by atoms with Gasteiger partial charge in [-0.3, -0.25) is 4.72 Å². The van der Waals surface area contributed by atoms with Gasteiger partial charge in [0.05, 0.1) is 17.4 Å². The number of nitriles is 1. The van der Waals surface area contributed by atoms with Crippen molar-refractivity contribution in [2.45, 2.75) is 6.92 Å². The summed E-state index contributed by atoms with van der Waals surface area (Å²) in [5.41, 5.74) is 2.71. The van der Waals surface area contributed by atoms with Crippen LogP contribution >= 0.6 is 0 Å². The second kappa shape index (κ2) is 6.29. The largest absolute Gasteiger partial charge is 0.355 e. The van der Waals surface area contributed by atoms with Crippen molar-refractivity contribution >= 4 is 27.1 Å². The maximum Gasteiger partial charge on any atom is 0.232 e. The van der Waals surface area contributed by atoms with E-state index in [0.29, 0.717) is 11.3 Å². The Kier molecular flexibility index (Phi) is 4.45. The van der Waals surface area contributed by atoms with E-state index in [4.69, 9.17) is 5.26 Å². The van der Waals surface area contributed by atoms with Crippen LogP contribution in [0.1, 0.15) is 12.5 Å². The molecule has 0 spiro atoms. The molecule has 0 heterocycles. The second-order valence-electron chi connectivity index (χ2n) is 4.40. The highest BCUT2D eigenvalue weighted by atomic mass is 32.2. The topological polar surface area (TPSA) is 82.0 Å². The van der Waals surface area contributed by atoms with Gasteiger partial charge in [0, 0.05) is 17.1 Å². The van der Waals surface area contributed by atoms with Gasteiger partial charge in [0.2, 0.25) is 10.0 Å². The molecule has 6 heteroatoms. The number of nitrogens with zero attached hydrogens (tertiary/aromatic N) is 1. The Labute approximate surface area is 124 Å². The maximum absolute atomic E-state index is 11.5. The highest BCUT2D eigenvalue weighted by Gasteiger charge is 2.06. The fourth-order valence-corrected chi connectivity index (χ4v) is 2.35. The van der Waals surface area contributed by atoms with Crippen molar-refractivity contribution < 1.29 is 8.42 Å². The van der Waals surface area contributed by atoms with E-state index in [0.717, 1.165) is 11.4 Å². The molecular formula is C15H15N3O2S. The first-order valence-corrected chi connectivity index (χ1v) is 8.05. The zero-order chi connectivity index (χ0) is 15.3. The van der Waals surface area contributed by atoms with Gasteiger partial charge in [0.25, 0.3) is 0 Å². The van der Waals surface area contributed by atoms with Crippen LogP contribution in [0.2, 0.25) is 0 Å². The Morgan fingerprint density at radius 1 is 1.05 bits per heavy atom. The molecular weight excluding hydrogens is 286 g/mol. The normalized spacial score (nSPS) is 10.7. The van der Waals surface area contributed by atoms with Gasteiger partial charge in [-0.2, -0.15) is 5.26 Å². The third-order valence-electron chi connectivity index (χ3n) is 2.82. The second-order valence-corrected chi connectivity index (χ2v) is 6.41. The van der Waals surface area contributed by atoms with Crippen molar-refractivity contribution in [3.8, 4) is 6.07 Å². The number of sulfonamides is 1. The third-order valence-corrected chi connectivity index (χ3v) is 4.13. The van der Waals surface area contributed by atoms with E-state index in [1.54, 1.807) is 49.4 Å². The standard InChI is InChI=1S/C15H15N3O2S/c1-2-21(19,20)18-14-8-6-13(7-9-14)17-15-5-3-4-12(10-15)11-16/h3-10,17-18H,2H2,1H3. The molecule has 0 aromatic heterocycles. The molecule has 0 saturated carbocycles. The molecule has 0 unspecified atom stereocenters. The molecule has 0 atom stereocenters. The van der Waals surface area contributed by atoms with Crippen LogP contribution in [0.25, 0.3) is 0 Å². The van der Waals surface area contributed by atoms with Crippen molar-refractivity contribution in [1.82, 2.24) is 0 Å². The van der Waals surface area contributed by atoms with Crippen molar-refractivity contribution in [3.63, 3.8) is 0 Å². The molecule has 2 aromatic carbocycles. The number of hydrogen-bond acceptors (Lipinski definition) is 4. The van der Waals surface area contributed by atoms with E-state index >= 15 is 0 Å². The summed E-state index contributed by atoms with van der Waals surface area (Å²) >= 11 is 0. The van der Waals surface area contributed by atoms with E-state index < -0.39 is 10.0 Å². The summed E-state index contributed by atoms with van der Waals surface area (Å²) < 4.78 is 25.4. The van der Waals surface area contributed by atoms with E-state index in [-0.39, 0.29) is 5.75 Å². The summed E-state index contributed by atoms with van der Waals surface area (Å²) in [6.07, 6.45) is 0. The van der Waals surface area contributed by atoms with Crippen LogP contribution in [0, 0.1) is 11.3 Å². The van der Waals surface area contributed by atoms with Gasteiger partial charge < -0.3 is 5.32 Å². The lowest BCUT2D eigenvalue weighted by atomic mass is 10.2. The fraction of sp³-hybridized carbons (Fsp3) is 0.133. The average Bonchev–Trinajstić information content (AvgIpc) is 2.49. The first-order chi connectivity index (χ1) is 10.0. The Morgan fingerprint density at radius 3 is 2.33 bits per heavy atom. The van der Waals surface area contributed by atoms with Gasteiger partial charge in [0.1, 0.15) is 0 Å². The lowest BCUT2D eigenvalue weighted by Gasteiger charge is -2.09. The quantitative estimate of drug-likeness (QED) is 0.889. The third kappa shape index (κ3) is 4.23. The van der Waals surface area contributed by atoms with Gasteiger partial charge in [0.15, 0.2) is 0 Å². The van der Waals surface area contributed by atoms with Gasteiger partial charge in [-0.1, -0.05) is 6.07 Å². The minimum absolute atomic E-state index is 0.0357. The first-order valence-electron chi connectivity index (χ1n) is 6.40. The summed E-state index contributed by atoms with van der Waals surface area (Å²) in [6, 6.07) is 16.1. The summed E-state index contributed by atoms with van der Waals surface area (Å²) in [6.45, 7) is 1.58. The minimum atomic E-state index is -3.26. The molecule has 2 N–H and O–H groups in total. The van der Waals surface area contributed by atoms with Gasteiger partial charge in [-0.25, -0.2) is 8.42 Å². The van der Waals surface area contributed by atoms with Crippen LogP contribution in [0.5, 0.6) is 0 Å². The molecule has 108 valence electrons. The lowest BCUT2D eigenvalue weighted by Crippen LogP contribution is -2.14. The van der Waals surface area contributed by atoms with Crippen molar-refractivity contribution in [2.24, 2.45) is 0 Å². The molecule has 0 amide bonds. The molecule has 2 aromatic rings. The summed E-state index contributed by atoms with van der Waals surface area (Å²) in [4.78, 5) is 0. The van der Waals surface area contributed by atoms with Crippen LogP contribution in [0.4, 0.5) is 17.1 Å². The molecule has 0 aliphatic carbocycles.